The summed E-state index contributed by atoms with van der Waals surface area (Å²) in [7, 11) is 0. The SMILES string of the molecule is O=C(Cn1ccccc1=O)NCC1CCCO1. The lowest BCUT2D eigenvalue weighted by molar-refractivity contribution is -0.122. The second-order valence-corrected chi connectivity index (χ2v) is 4.11. The summed E-state index contributed by atoms with van der Waals surface area (Å²) in [5, 5.41) is 2.78. The molecule has 1 saturated heterocycles. The molecule has 1 N–H and O–H groups in total. The highest BCUT2D eigenvalue weighted by molar-refractivity contribution is 5.75. The molecule has 5 heteroatoms. The maximum Gasteiger partial charge on any atom is 0.250 e. The number of carbonyl (C=O) groups excluding carboxylic acids is 1. The zero-order valence-electron chi connectivity index (χ0n) is 9.59. The third kappa shape index (κ3) is 3.42. The van der Waals surface area contributed by atoms with Gasteiger partial charge in [0.2, 0.25) is 5.91 Å². The highest BCUT2D eigenvalue weighted by atomic mass is 16.5. The van der Waals surface area contributed by atoms with Crippen LogP contribution in [0.25, 0.3) is 0 Å². The summed E-state index contributed by atoms with van der Waals surface area (Å²) in [6.07, 6.45) is 3.78. The highest BCUT2D eigenvalue weighted by Crippen LogP contribution is 2.10. The van der Waals surface area contributed by atoms with Crippen LogP contribution in [0.4, 0.5) is 0 Å². The minimum absolute atomic E-state index is 0.0619. The Morgan fingerprint density at radius 1 is 1.53 bits per heavy atom. The van der Waals surface area contributed by atoms with E-state index in [1.54, 1.807) is 18.3 Å². The first kappa shape index (κ1) is 11.9. The minimum atomic E-state index is -0.167. The van der Waals surface area contributed by atoms with Gasteiger partial charge in [0.15, 0.2) is 0 Å². The number of rotatable bonds is 4. The molecule has 1 atom stereocenters. The van der Waals surface area contributed by atoms with Crippen LogP contribution >= 0.6 is 0 Å². The summed E-state index contributed by atoms with van der Waals surface area (Å²) in [4.78, 5) is 23.0. The van der Waals surface area contributed by atoms with Crippen molar-refractivity contribution in [1.29, 1.82) is 0 Å². The first-order chi connectivity index (χ1) is 8.25. The number of nitrogens with one attached hydrogen (secondary N) is 1. The Morgan fingerprint density at radius 3 is 3.12 bits per heavy atom. The number of aromatic nitrogens is 1. The molecular formula is C12H16N2O3. The summed E-state index contributed by atoms with van der Waals surface area (Å²) in [6.45, 7) is 1.37. The number of ether oxygens (including phenoxy) is 1. The van der Waals surface area contributed by atoms with Gasteiger partial charge in [-0.05, 0) is 18.9 Å². The molecule has 0 aromatic carbocycles. The molecule has 1 aromatic rings. The van der Waals surface area contributed by atoms with Gasteiger partial charge in [0, 0.05) is 25.4 Å². The summed E-state index contributed by atoms with van der Waals surface area (Å²) < 4.78 is 6.77. The second kappa shape index (κ2) is 5.63. The van der Waals surface area contributed by atoms with E-state index in [1.807, 2.05) is 0 Å². The largest absolute Gasteiger partial charge is 0.376 e. The number of amides is 1. The van der Waals surface area contributed by atoms with E-state index in [1.165, 1.54) is 10.6 Å². The van der Waals surface area contributed by atoms with E-state index in [0.717, 1.165) is 19.4 Å². The van der Waals surface area contributed by atoms with Crippen LogP contribution in [-0.4, -0.2) is 29.7 Å². The van der Waals surface area contributed by atoms with Gasteiger partial charge in [-0.3, -0.25) is 9.59 Å². The van der Waals surface area contributed by atoms with Crippen molar-refractivity contribution in [3.63, 3.8) is 0 Å². The molecule has 0 radical (unpaired) electrons. The van der Waals surface area contributed by atoms with Gasteiger partial charge in [-0.25, -0.2) is 0 Å². The zero-order valence-corrected chi connectivity index (χ0v) is 9.59. The molecule has 1 fully saturated rings. The van der Waals surface area contributed by atoms with Crippen LogP contribution in [0.2, 0.25) is 0 Å². The average molecular weight is 236 g/mol. The van der Waals surface area contributed by atoms with Crippen LogP contribution < -0.4 is 10.9 Å². The van der Waals surface area contributed by atoms with Gasteiger partial charge in [0.25, 0.3) is 5.56 Å². The lowest BCUT2D eigenvalue weighted by Gasteiger charge is -2.11. The van der Waals surface area contributed by atoms with Crippen LogP contribution in [0.15, 0.2) is 29.2 Å². The fourth-order valence-electron chi connectivity index (χ4n) is 1.83. The standard InChI is InChI=1S/C12H16N2O3/c15-11(13-8-10-4-3-7-17-10)9-14-6-2-1-5-12(14)16/h1-2,5-6,10H,3-4,7-9H2,(H,13,15). The molecule has 0 spiro atoms. The molecule has 1 unspecified atom stereocenters. The number of pyridine rings is 1. The van der Waals surface area contributed by atoms with E-state index >= 15 is 0 Å². The van der Waals surface area contributed by atoms with Crippen LogP contribution in [0.5, 0.6) is 0 Å². The van der Waals surface area contributed by atoms with Crippen molar-refractivity contribution >= 4 is 5.91 Å². The van der Waals surface area contributed by atoms with Crippen molar-refractivity contribution in [3.05, 3.63) is 34.7 Å². The van der Waals surface area contributed by atoms with E-state index < -0.39 is 0 Å². The topological polar surface area (TPSA) is 60.3 Å². The molecule has 1 aromatic heterocycles. The van der Waals surface area contributed by atoms with E-state index in [0.29, 0.717) is 6.54 Å². The molecule has 1 aliphatic rings. The lowest BCUT2D eigenvalue weighted by atomic mass is 10.2. The van der Waals surface area contributed by atoms with Crippen LogP contribution in [0.3, 0.4) is 0 Å². The van der Waals surface area contributed by atoms with Gasteiger partial charge in [-0.1, -0.05) is 6.07 Å². The molecule has 5 nitrogen and oxygen atoms in total. The van der Waals surface area contributed by atoms with Crippen LogP contribution in [0.1, 0.15) is 12.8 Å². The van der Waals surface area contributed by atoms with Crippen molar-refractivity contribution in [2.45, 2.75) is 25.5 Å². The van der Waals surface area contributed by atoms with Crippen molar-refractivity contribution in [1.82, 2.24) is 9.88 Å². The maximum atomic E-state index is 11.6. The normalized spacial score (nSPS) is 19.2. The molecule has 0 aliphatic carbocycles. The van der Waals surface area contributed by atoms with Crippen molar-refractivity contribution < 1.29 is 9.53 Å². The Kier molecular flexibility index (Phi) is 3.93. The van der Waals surface area contributed by atoms with Gasteiger partial charge < -0.3 is 14.6 Å². The molecule has 92 valence electrons. The first-order valence-electron chi connectivity index (χ1n) is 5.79. The predicted octanol–water partition coefficient (Wildman–Crippen LogP) is 0.143. The Hall–Kier alpha value is -1.62. The average Bonchev–Trinajstić information content (AvgIpc) is 2.82. The molecule has 17 heavy (non-hydrogen) atoms. The second-order valence-electron chi connectivity index (χ2n) is 4.11. The van der Waals surface area contributed by atoms with Gasteiger partial charge >= 0.3 is 0 Å². The first-order valence-corrected chi connectivity index (χ1v) is 5.79. The Labute approximate surface area is 99.4 Å². The summed E-state index contributed by atoms with van der Waals surface area (Å²) >= 11 is 0. The fourth-order valence-corrected chi connectivity index (χ4v) is 1.83. The van der Waals surface area contributed by atoms with Crippen molar-refractivity contribution in [2.24, 2.45) is 0 Å². The molecule has 1 aliphatic heterocycles. The molecule has 2 rings (SSSR count). The van der Waals surface area contributed by atoms with Crippen LogP contribution in [-0.2, 0) is 16.1 Å². The fraction of sp³-hybridized carbons (Fsp3) is 0.500. The Balaban J connectivity index is 1.81. The minimum Gasteiger partial charge on any atom is -0.376 e. The van der Waals surface area contributed by atoms with Crippen molar-refractivity contribution in [3.8, 4) is 0 Å². The number of hydrogen-bond donors (Lipinski definition) is 1. The number of hydrogen-bond acceptors (Lipinski definition) is 3. The Bertz CT molecular complexity index is 435. The molecule has 0 saturated carbocycles. The summed E-state index contributed by atoms with van der Waals surface area (Å²) in [5.74, 6) is -0.159. The highest BCUT2D eigenvalue weighted by Gasteiger charge is 2.16. The summed E-state index contributed by atoms with van der Waals surface area (Å²) in [6, 6.07) is 4.82. The predicted molar refractivity (Wildman–Crippen MR) is 62.7 cm³/mol. The van der Waals surface area contributed by atoms with E-state index in [9.17, 15) is 9.59 Å². The quantitative estimate of drug-likeness (QED) is 0.809. The van der Waals surface area contributed by atoms with Gasteiger partial charge in [-0.15, -0.1) is 0 Å². The molecule has 0 bridgehead atoms. The van der Waals surface area contributed by atoms with E-state index in [-0.39, 0.29) is 24.1 Å². The van der Waals surface area contributed by atoms with Crippen LogP contribution in [0, 0.1) is 0 Å². The lowest BCUT2D eigenvalue weighted by Crippen LogP contribution is -2.36. The molecule has 2 heterocycles. The maximum absolute atomic E-state index is 11.6. The number of nitrogens with zero attached hydrogens (tertiary/aromatic N) is 1. The van der Waals surface area contributed by atoms with E-state index in [4.69, 9.17) is 4.74 Å². The zero-order chi connectivity index (χ0) is 12.1. The third-order valence-corrected chi connectivity index (χ3v) is 2.76. The third-order valence-electron chi connectivity index (χ3n) is 2.76. The monoisotopic (exact) mass is 236 g/mol. The van der Waals surface area contributed by atoms with Gasteiger partial charge in [0.1, 0.15) is 6.54 Å². The molecule has 1 amide bonds. The van der Waals surface area contributed by atoms with Crippen molar-refractivity contribution in [2.75, 3.05) is 13.2 Å². The van der Waals surface area contributed by atoms with Gasteiger partial charge in [-0.2, -0.15) is 0 Å². The van der Waals surface area contributed by atoms with E-state index in [2.05, 4.69) is 5.32 Å². The number of carbonyl (C=O) groups is 1. The van der Waals surface area contributed by atoms with Gasteiger partial charge in [0.05, 0.1) is 6.10 Å². The molecular weight excluding hydrogens is 220 g/mol. The Morgan fingerprint density at radius 2 is 2.41 bits per heavy atom. The smallest absolute Gasteiger partial charge is 0.250 e. The summed E-state index contributed by atoms with van der Waals surface area (Å²) in [5.41, 5.74) is -0.167.